The van der Waals surface area contributed by atoms with Gasteiger partial charge in [-0.1, -0.05) is 26.8 Å². The normalized spacial score (nSPS) is 30.4. The molecule has 2 aliphatic rings. The highest BCUT2D eigenvalue weighted by Gasteiger charge is 2.53. The first-order valence-corrected chi connectivity index (χ1v) is 12.9. The minimum absolute atomic E-state index is 0.0118. The van der Waals surface area contributed by atoms with Gasteiger partial charge >= 0.3 is 0 Å². The third-order valence-corrected chi connectivity index (χ3v) is 8.71. The van der Waals surface area contributed by atoms with Gasteiger partial charge in [0.25, 0.3) is 5.91 Å². The van der Waals surface area contributed by atoms with Crippen LogP contribution in [0.3, 0.4) is 0 Å². The van der Waals surface area contributed by atoms with Gasteiger partial charge in [-0.3, -0.25) is 14.6 Å². The zero-order valence-corrected chi connectivity index (χ0v) is 21.3. The third kappa shape index (κ3) is 5.29. The Morgan fingerprint density at radius 1 is 1.19 bits per heavy atom. The van der Waals surface area contributed by atoms with Crippen LogP contribution in [0.1, 0.15) is 68.1 Å². The quantitative estimate of drug-likeness (QED) is 0.572. The molecule has 0 spiro atoms. The van der Waals surface area contributed by atoms with E-state index >= 15 is 0 Å². The Bertz CT molecular complexity index is 1110. The summed E-state index contributed by atoms with van der Waals surface area (Å²) in [5.74, 6) is -0.641. The first kappa shape index (κ1) is 25.8. The van der Waals surface area contributed by atoms with Crippen LogP contribution >= 0.6 is 0 Å². The molecule has 7 atom stereocenters. The molecule has 1 aromatic carbocycles. The number of aliphatic hydroxyl groups is 1. The number of aliphatic hydroxyl groups excluding tert-OH is 1. The lowest BCUT2D eigenvalue weighted by molar-refractivity contribution is -0.142. The highest BCUT2D eigenvalue weighted by atomic mass is 16.3. The van der Waals surface area contributed by atoms with Crippen LogP contribution in [0.4, 0.5) is 0 Å². The summed E-state index contributed by atoms with van der Waals surface area (Å²) in [4.78, 5) is 30.1. The van der Waals surface area contributed by atoms with Gasteiger partial charge in [0, 0.05) is 23.7 Å². The summed E-state index contributed by atoms with van der Waals surface area (Å²) in [5, 5.41) is 26.8. The number of nitriles is 1. The molecule has 2 saturated carbocycles. The van der Waals surface area contributed by atoms with E-state index in [1.165, 1.54) is 0 Å². The summed E-state index contributed by atoms with van der Waals surface area (Å²) >= 11 is 0. The molecule has 1 heterocycles. The maximum atomic E-state index is 13.0. The van der Waals surface area contributed by atoms with Crippen molar-refractivity contribution in [3.63, 3.8) is 0 Å². The van der Waals surface area contributed by atoms with Crippen molar-refractivity contribution in [3.8, 4) is 6.07 Å². The third-order valence-electron chi connectivity index (χ3n) is 8.71. The molecule has 3 N–H and O–H groups in total. The zero-order valence-electron chi connectivity index (χ0n) is 21.3. The Kier molecular flexibility index (Phi) is 7.75. The van der Waals surface area contributed by atoms with E-state index in [0.29, 0.717) is 17.7 Å². The summed E-state index contributed by atoms with van der Waals surface area (Å²) in [5.41, 5.74) is 1.82. The van der Waals surface area contributed by atoms with Crippen molar-refractivity contribution in [2.75, 3.05) is 0 Å². The molecule has 4 rings (SSSR count). The van der Waals surface area contributed by atoms with Crippen LogP contribution in [0.15, 0.2) is 48.7 Å². The minimum Gasteiger partial charge on any atom is -0.392 e. The fourth-order valence-electron chi connectivity index (χ4n) is 6.48. The number of nitrogens with zero attached hydrogens (tertiary/aromatic N) is 2. The maximum absolute atomic E-state index is 13.0. The van der Waals surface area contributed by atoms with Crippen molar-refractivity contribution in [3.05, 3.63) is 65.5 Å². The Hall–Kier alpha value is -3.24. The Morgan fingerprint density at radius 3 is 2.58 bits per heavy atom. The van der Waals surface area contributed by atoms with E-state index < -0.39 is 6.10 Å². The molecule has 7 nitrogen and oxygen atoms in total. The average molecular weight is 489 g/mol. The minimum atomic E-state index is -0.621. The summed E-state index contributed by atoms with van der Waals surface area (Å²) in [6.45, 7) is 6.64. The maximum Gasteiger partial charge on any atom is 0.251 e. The van der Waals surface area contributed by atoms with Gasteiger partial charge in [-0.05, 0) is 85.3 Å². The van der Waals surface area contributed by atoms with Crippen LogP contribution in [0, 0.1) is 40.4 Å². The van der Waals surface area contributed by atoms with Crippen LogP contribution in [0.5, 0.6) is 0 Å². The van der Waals surface area contributed by atoms with Crippen LogP contribution in [-0.2, 0) is 11.3 Å². The lowest BCUT2D eigenvalue weighted by Crippen LogP contribution is -2.58. The van der Waals surface area contributed by atoms with Crippen molar-refractivity contribution in [1.29, 1.82) is 5.26 Å². The summed E-state index contributed by atoms with van der Waals surface area (Å²) < 4.78 is 0. The smallest absolute Gasteiger partial charge is 0.251 e. The second-order valence-electron chi connectivity index (χ2n) is 10.9. The standard InChI is InChI=1S/C29H36N4O3/c1-18(27(35)32-17-22-6-4-5-15-31-22)23-11-13-29(3)14-12-24(19(2)25(29)26(23)34)33-28(36)21-9-7-20(16-30)8-10-21/h4-10,15,18-19,23-26,34H,11-14,17H2,1-3H3,(H,32,35)(H,33,36)/t18-,19+,23+,24-,25+,26-,29-/m0/s1. The molecule has 0 radical (unpaired) electrons. The van der Waals surface area contributed by atoms with Gasteiger partial charge in [0.15, 0.2) is 0 Å². The molecular formula is C29H36N4O3. The van der Waals surface area contributed by atoms with Gasteiger partial charge in [-0.2, -0.15) is 5.26 Å². The van der Waals surface area contributed by atoms with E-state index in [2.05, 4.69) is 35.5 Å². The highest BCUT2D eigenvalue weighted by Crippen LogP contribution is 2.55. The molecule has 0 unspecified atom stereocenters. The molecule has 1 aromatic heterocycles. The largest absolute Gasteiger partial charge is 0.392 e. The lowest BCUT2D eigenvalue weighted by Gasteiger charge is -2.56. The number of aromatic nitrogens is 1. The van der Waals surface area contributed by atoms with Gasteiger partial charge in [0.1, 0.15) is 0 Å². The Balaban J connectivity index is 1.42. The first-order chi connectivity index (χ1) is 17.2. The number of fused-ring (bicyclic) bond motifs is 1. The number of nitrogens with one attached hydrogen (secondary N) is 2. The molecule has 190 valence electrons. The SMILES string of the molecule is C[C@H]1[C@@H]2[C@@H](O)[C@@H]([C@H](C)C(=O)NCc3ccccn3)CC[C@@]2(C)CC[C@@H]1NC(=O)c1ccc(C#N)cc1. The van der Waals surface area contributed by atoms with Crippen molar-refractivity contribution in [2.45, 2.75) is 65.1 Å². The zero-order chi connectivity index (χ0) is 25.9. The van der Waals surface area contributed by atoms with E-state index in [1.54, 1.807) is 30.5 Å². The fourth-order valence-corrected chi connectivity index (χ4v) is 6.48. The van der Waals surface area contributed by atoms with Crippen LogP contribution in [-0.4, -0.2) is 34.1 Å². The van der Waals surface area contributed by atoms with E-state index in [-0.39, 0.29) is 46.9 Å². The van der Waals surface area contributed by atoms with Crippen LogP contribution in [0.2, 0.25) is 0 Å². The van der Waals surface area contributed by atoms with E-state index in [9.17, 15) is 14.7 Å². The van der Waals surface area contributed by atoms with Crippen molar-refractivity contribution < 1.29 is 14.7 Å². The van der Waals surface area contributed by atoms with Gasteiger partial charge < -0.3 is 15.7 Å². The number of hydrogen-bond donors (Lipinski definition) is 3. The van der Waals surface area contributed by atoms with Gasteiger partial charge in [-0.15, -0.1) is 0 Å². The van der Waals surface area contributed by atoms with E-state index in [0.717, 1.165) is 31.4 Å². The van der Waals surface area contributed by atoms with E-state index in [4.69, 9.17) is 5.26 Å². The number of amides is 2. The Morgan fingerprint density at radius 2 is 1.92 bits per heavy atom. The molecule has 0 aliphatic heterocycles. The number of hydrogen-bond acceptors (Lipinski definition) is 5. The summed E-state index contributed by atoms with van der Waals surface area (Å²) in [6, 6.07) is 14.2. The molecule has 36 heavy (non-hydrogen) atoms. The summed E-state index contributed by atoms with van der Waals surface area (Å²) in [6.07, 6.45) is 4.62. The predicted octanol–water partition coefficient (Wildman–Crippen LogP) is 3.83. The van der Waals surface area contributed by atoms with Gasteiger partial charge in [0.05, 0.1) is 30.0 Å². The molecule has 7 heteroatoms. The molecule has 0 bridgehead atoms. The molecule has 2 fully saturated rings. The monoisotopic (exact) mass is 488 g/mol. The number of carbonyl (C=O) groups is 2. The van der Waals surface area contributed by atoms with Crippen molar-refractivity contribution >= 4 is 11.8 Å². The fraction of sp³-hybridized carbons (Fsp3) is 0.517. The lowest BCUT2D eigenvalue weighted by atomic mass is 9.51. The van der Waals surface area contributed by atoms with Crippen molar-refractivity contribution in [2.24, 2.45) is 29.1 Å². The molecule has 0 saturated heterocycles. The summed E-state index contributed by atoms with van der Waals surface area (Å²) in [7, 11) is 0. The second kappa shape index (κ2) is 10.8. The van der Waals surface area contributed by atoms with E-state index in [1.807, 2.05) is 25.1 Å². The first-order valence-electron chi connectivity index (χ1n) is 12.9. The van der Waals surface area contributed by atoms with Crippen LogP contribution in [0.25, 0.3) is 0 Å². The predicted molar refractivity (Wildman–Crippen MR) is 136 cm³/mol. The Labute approximate surface area is 213 Å². The molecule has 2 aliphatic carbocycles. The van der Waals surface area contributed by atoms with Gasteiger partial charge in [-0.25, -0.2) is 0 Å². The number of benzene rings is 1. The molecule has 2 aromatic rings. The molecule has 2 amide bonds. The topological polar surface area (TPSA) is 115 Å². The number of pyridine rings is 1. The number of carbonyl (C=O) groups excluding carboxylic acids is 2. The average Bonchev–Trinajstić information content (AvgIpc) is 2.89. The molecular weight excluding hydrogens is 452 g/mol. The number of rotatable bonds is 6. The highest BCUT2D eigenvalue weighted by molar-refractivity contribution is 5.94. The van der Waals surface area contributed by atoms with Gasteiger partial charge in [0.2, 0.25) is 5.91 Å². The van der Waals surface area contributed by atoms with Crippen molar-refractivity contribution in [1.82, 2.24) is 15.6 Å². The van der Waals surface area contributed by atoms with Crippen LogP contribution < -0.4 is 10.6 Å². The second-order valence-corrected chi connectivity index (χ2v) is 10.9.